The summed E-state index contributed by atoms with van der Waals surface area (Å²) >= 11 is 0. The first-order valence-corrected chi connectivity index (χ1v) is 5.26. The van der Waals surface area contributed by atoms with Crippen molar-refractivity contribution < 1.29 is 18.7 Å². The van der Waals surface area contributed by atoms with Gasteiger partial charge in [0.15, 0.2) is 5.82 Å². The van der Waals surface area contributed by atoms with Crippen molar-refractivity contribution in [3.8, 4) is 0 Å². The molecule has 6 nitrogen and oxygen atoms in total. The van der Waals surface area contributed by atoms with Crippen LogP contribution in [0.2, 0.25) is 0 Å². The predicted molar refractivity (Wildman–Crippen MR) is 62.4 cm³/mol. The van der Waals surface area contributed by atoms with Crippen molar-refractivity contribution >= 4 is 17.7 Å². The summed E-state index contributed by atoms with van der Waals surface area (Å²) in [7, 11) is 1.27. The quantitative estimate of drug-likeness (QED) is 0.791. The number of aromatic nitrogens is 1. The van der Waals surface area contributed by atoms with Gasteiger partial charge in [-0.15, -0.1) is 0 Å². The molecule has 0 saturated carbocycles. The molecule has 18 heavy (non-hydrogen) atoms. The number of pyridine rings is 1. The van der Waals surface area contributed by atoms with Gasteiger partial charge in [-0.1, -0.05) is 6.92 Å². The number of esters is 1. The number of carbonyl (C=O) groups is 2. The van der Waals surface area contributed by atoms with Gasteiger partial charge in [-0.3, -0.25) is 9.78 Å². The summed E-state index contributed by atoms with van der Waals surface area (Å²) in [4.78, 5) is 26.0. The fourth-order valence-corrected chi connectivity index (χ4v) is 1.17. The molecule has 0 unspecified atom stereocenters. The molecule has 1 heterocycles. The lowest BCUT2D eigenvalue weighted by molar-refractivity contribution is -0.144. The zero-order valence-corrected chi connectivity index (χ0v) is 10.1. The lowest BCUT2D eigenvalue weighted by Crippen LogP contribution is -2.35. The summed E-state index contributed by atoms with van der Waals surface area (Å²) in [5.74, 6) is -1.53. The first-order chi connectivity index (χ1) is 8.54. The third kappa shape index (κ3) is 4.00. The van der Waals surface area contributed by atoms with Crippen molar-refractivity contribution in [2.45, 2.75) is 6.92 Å². The lowest BCUT2D eigenvalue weighted by atomic mass is 10.2. The van der Waals surface area contributed by atoms with Crippen molar-refractivity contribution in [1.82, 2.24) is 10.3 Å². The van der Waals surface area contributed by atoms with E-state index in [1.54, 1.807) is 6.92 Å². The molecule has 0 aromatic carbocycles. The second-order valence-corrected chi connectivity index (χ2v) is 3.61. The smallest absolute Gasteiger partial charge is 0.319 e. The van der Waals surface area contributed by atoms with Crippen LogP contribution in [0.1, 0.15) is 6.92 Å². The van der Waals surface area contributed by atoms with Crippen LogP contribution in [0.15, 0.2) is 18.5 Å². The Bertz CT molecular complexity index is 439. The SMILES string of the molecule is COC(=O)[C@@H](C)CNC(=O)Nc1ccncc1F. The largest absolute Gasteiger partial charge is 0.469 e. The zero-order chi connectivity index (χ0) is 13.5. The Hall–Kier alpha value is -2.18. The maximum atomic E-state index is 13.2. The molecule has 7 heteroatoms. The molecule has 0 bridgehead atoms. The summed E-state index contributed by atoms with van der Waals surface area (Å²) in [6.07, 6.45) is 2.35. The first kappa shape index (κ1) is 13.9. The third-order valence-electron chi connectivity index (χ3n) is 2.19. The van der Waals surface area contributed by atoms with E-state index in [0.717, 1.165) is 6.20 Å². The third-order valence-corrected chi connectivity index (χ3v) is 2.19. The number of rotatable bonds is 4. The van der Waals surface area contributed by atoms with Gasteiger partial charge in [-0.05, 0) is 6.07 Å². The molecule has 0 saturated heterocycles. The van der Waals surface area contributed by atoms with Gasteiger partial charge in [-0.2, -0.15) is 0 Å². The number of ether oxygens (including phenoxy) is 1. The molecule has 0 fully saturated rings. The normalized spacial score (nSPS) is 11.5. The molecule has 2 N–H and O–H groups in total. The molecule has 0 aliphatic heterocycles. The number of amides is 2. The van der Waals surface area contributed by atoms with Crippen LogP contribution in [-0.4, -0.2) is 30.6 Å². The number of hydrogen-bond donors (Lipinski definition) is 2. The number of anilines is 1. The molecule has 0 aliphatic rings. The summed E-state index contributed by atoms with van der Waals surface area (Å²) < 4.78 is 17.7. The average molecular weight is 255 g/mol. The number of carbonyl (C=O) groups excluding carboxylic acids is 2. The Morgan fingerprint density at radius 2 is 2.28 bits per heavy atom. The van der Waals surface area contributed by atoms with Crippen molar-refractivity contribution in [2.24, 2.45) is 5.92 Å². The van der Waals surface area contributed by atoms with Gasteiger partial charge in [0.25, 0.3) is 0 Å². The minimum Gasteiger partial charge on any atom is -0.469 e. The minimum absolute atomic E-state index is 0.0215. The van der Waals surface area contributed by atoms with Gasteiger partial charge in [-0.25, -0.2) is 9.18 Å². The monoisotopic (exact) mass is 255 g/mol. The standard InChI is InChI=1S/C11H14FN3O3/c1-7(10(16)18-2)5-14-11(17)15-9-3-4-13-6-8(9)12/h3-4,6-7H,5H2,1-2H3,(H2,13,14,15,17)/t7-/m0/s1. The Kier molecular flexibility index (Phi) is 5.04. The Morgan fingerprint density at radius 1 is 1.56 bits per heavy atom. The number of hydrogen-bond acceptors (Lipinski definition) is 4. The van der Waals surface area contributed by atoms with Crippen LogP contribution >= 0.6 is 0 Å². The van der Waals surface area contributed by atoms with Crippen LogP contribution in [0, 0.1) is 11.7 Å². The van der Waals surface area contributed by atoms with Crippen molar-refractivity contribution in [3.63, 3.8) is 0 Å². The van der Waals surface area contributed by atoms with Gasteiger partial charge in [0.1, 0.15) is 0 Å². The van der Waals surface area contributed by atoms with Gasteiger partial charge in [0.05, 0.1) is 24.9 Å². The highest BCUT2D eigenvalue weighted by atomic mass is 19.1. The average Bonchev–Trinajstić information content (AvgIpc) is 2.37. The van der Waals surface area contributed by atoms with Crippen LogP contribution in [0.4, 0.5) is 14.9 Å². The van der Waals surface area contributed by atoms with E-state index in [1.165, 1.54) is 19.4 Å². The summed E-state index contributed by atoms with van der Waals surface area (Å²) in [5.41, 5.74) is 0.0215. The zero-order valence-electron chi connectivity index (χ0n) is 10.1. The van der Waals surface area contributed by atoms with E-state index in [1.807, 2.05) is 0 Å². The fraction of sp³-hybridized carbons (Fsp3) is 0.364. The molecule has 0 aliphatic carbocycles. The van der Waals surface area contributed by atoms with E-state index in [4.69, 9.17) is 0 Å². The van der Waals surface area contributed by atoms with E-state index in [9.17, 15) is 14.0 Å². The Labute approximate surface area is 104 Å². The molecule has 98 valence electrons. The molecule has 2 amide bonds. The van der Waals surface area contributed by atoms with Crippen molar-refractivity contribution in [1.29, 1.82) is 0 Å². The van der Waals surface area contributed by atoms with E-state index in [2.05, 4.69) is 20.4 Å². The molecule has 0 radical (unpaired) electrons. The van der Waals surface area contributed by atoms with E-state index < -0.39 is 23.7 Å². The molecular weight excluding hydrogens is 241 g/mol. The van der Waals surface area contributed by atoms with Gasteiger partial charge in [0, 0.05) is 12.7 Å². The Balaban J connectivity index is 2.43. The molecule has 1 atom stereocenters. The van der Waals surface area contributed by atoms with Crippen LogP contribution in [0.5, 0.6) is 0 Å². The van der Waals surface area contributed by atoms with Gasteiger partial charge >= 0.3 is 12.0 Å². The van der Waals surface area contributed by atoms with Gasteiger partial charge < -0.3 is 15.4 Å². The second kappa shape index (κ2) is 6.53. The summed E-state index contributed by atoms with van der Waals surface area (Å²) in [5, 5.41) is 4.74. The number of urea groups is 1. The van der Waals surface area contributed by atoms with E-state index in [-0.39, 0.29) is 12.2 Å². The highest BCUT2D eigenvalue weighted by Crippen LogP contribution is 2.10. The van der Waals surface area contributed by atoms with E-state index in [0.29, 0.717) is 0 Å². The van der Waals surface area contributed by atoms with Crippen LogP contribution in [-0.2, 0) is 9.53 Å². The van der Waals surface area contributed by atoms with Crippen molar-refractivity contribution in [2.75, 3.05) is 19.0 Å². The number of nitrogens with one attached hydrogen (secondary N) is 2. The maximum Gasteiger partial charge on any atom is 0.319 e. The van der Waals surface area contributed by atoms with Crippen molar-refractivity contribution in [3.05, 3.63) is 24.3 Å². The second-order valence-electron chi connectivity index (χ2n) is 3.61. The summed E-state index contributed by atoms with van der Waals surface area (Å²) in [6.45, 7) is 1.71. The first-order valence-electron chi connectivity index (χ1n) is 5.26. The van der Waals surface area contributed by atoms with Crippen LogP contribution in [0.3, 0.4) is 0 Å². The molecule has 1 aromatic rings. The highest BCUT2D eigenvalue weighted by Gasteiger charge is 2.14. The maximum absolute atomic E-state index is 13.2. The fourth-order valence-electron chi connectivity index (χ4n) is 1.17. The number of halogens is 1. The number of methoxy groups -OCH3 is 1. The molecule has 1 rings (SSSR count). The Morgan fingerprint density at radius 3 is 2.89 bits per heavy atom. The minimum atomic E-state index is -0.631. The lowest BCUT2D eigenvalue weighted by Gasteiger charge is -2.11. The van der Waals surface area contributed by atoms with Crippen LogP contribution < -0.4 is 10.6 Å². The number of nitrogens with zero attached hydrogens (tertiary/aromatic N) is 1. The van der Waals surface area contributed by atoms with Gasteiger partial charge in [0.2, 0.25) is 0 Å². The molecule has 0 spiro atoms. The predicted octanol–water partition coefficient (Wildman–Crippen LogP) is 1.15. The summed E-state index contributed by atoms with van der Waals surface area (Å²) in [6, 6.07) is 0.731. The topological polar surface area (TPSA) is 80.3 Å². The van der Waals surface area contributed by atoms with Crippen LogP contribution in [0.25, 0.3) is 0 Å². The highest BCUT2D eigenvalue weighted by molar-refractivity contribution is 5.89. The molecular formula is C11H14FN3O3. The van der Waals surface area contributed by atoms with E-state index >= 15 is 0 Å². The molecule has 1 aromatic heterocycles.